The molecule has 0 unspecified atom stereocenters. The van der Waals surface area contributed by atoms with Crippen LogP contribution in [0.4, 0.5) is 0 Å². The molecule has 5 atom stereocenters. The Balaban J connectivity index is 1.44. The van der Waals surface area contributed by atoms with Gasteiger partial charge in [0.1, 0.15) is 6.10 Å². The molecule has 1 aromatic heterocycles. The number of rotatable bonds is 4. The number of allylic oxidation sites excluding steroid dienone is 2. The highest BCUT2D eigenvalue weighted by Gasteiger charge is 2.63. The first-order chi connectivity index (χ1) is 16.2. The smallest absolute Gasteiger partial charge is 0.343 e. The van der Waals surface area contributed by atoms with Crippen LogP contribution < -0.4 is 0 Å². The maximum absolute atomic E-state index is 13.8. The van der Waals surface area contributed by atoms with E-state index in [4.69, 9.17) is 13.9 Å². The van der Waals surface area contributed by atoms with E-state index in [0.29, 0.717) is 30.4 Å². The molecule has 1 saturated carbocycles. The molecule has 1 aromatic carbocycles. The van der Waals surface area contributed by atoms with Crippen LogP contribution in [0.1, 0.15) is 67.1 Å². The van der Waals surface area contributed by atoms with Gasteiger partial charge in [-0.3, -0.25) is 9.59 Å². The molecule has 178 valence electrons. The number of carbonyl (C=O) groups is 3. The molecule has 2 fully saturated rings. The van der Waals surface area contributed by atoms with Gasteiger partial charge in [-0.2, -0.15) is 0 Å². The van der Waals surface area contributed by atoms with E-state index in [2.05, 4.69) is 6.92 Å². The molecule has 2 aromatic rings. The summed E-state index contributed by atoms with van der Waals surface area (Å²) >= 11 is 0. The zero-order chi connectivity index (χ0) is 24.1. The highest BCUT2D eigenvalue weighted by molar-refractivity contribution is 6.02. The number of aliphatic hydroxyl groups excluding tert-OH is 1. The Labute approximate surface area is 197 Å². The highest BCUT2D eigenvalue weighted by atomic mass is 16.5. The van der Waals surface area contributed by atoms with Crippen molar-refractivity contribution in [1.82, 2.24) is 0 Å². The Bertz CT molecular complexity index is 1150. The lowest BCUT2D eigenvalue weighted by atomic mass is 9.46. The van der Waals surface area contributed by atoms with E-state index in [1.54, 1.807) is 48.9 Å². The number of carbonyl (C=O) groups excluding carboxylic acids is 3. The number of hydrogen-bond donors (Lipinski definition) is 1. The zero-order valence-electron chi connectivity index (χ0n) is 19.3. The minimum Gasteiger partial charge on any atom is -0.472 e. The van der Waals surface area contributed by atoms with E-state index < -0.39 is 29.3 Å². The lowest BCUT2D eigenvalue weighted by Crippen LogP contribution is -2.58. The molecular formula is C27H28O7. The molecule has 0 radical (unpaired) electrons. The van der Waals surface area contributed by atoms with Crippen LogP contribution >= 0.6 is 0 Å². The predicted octanol–water partition coefficient (Wildman–Crippen LogP) is 4.51. The van der Waals surface area contributed by atoms with Crippen molar-refractivity contribution in [3.8, 4) is 0 Å². The molecule has 34 heavy (non-hydrogen) atoms. The van der Waals surface area contributed by atoms with Crippen molar-refractivity contribution in [3.63, 3.8) is 0 Å². The van der Waals surface area contributed by atoms with Gasteiger partial charge in [0.05, 0.1) is 30.6 Å². The van der Waals surface area contributed by atoms with E-state index in [0.717, 1.165) is 12.0 Å². The summed E-state index contributed by atoms with van der Waals surface area (Å²) in [5.41, 5.74) is 0.776. The summed E-state index contributed by atoms with van der Waals surface area (Å²) in [6.07, 6.45) is 6.82. The molecule has 1 N–H and O–H groups in total. The van der Waals surface area contributed by atoms with Crippen LogP contribution in [-0.4, -0.2) is 22.8 Å². The number of hydrogen-bond acceptors (Lipinski definition) is 7. The number of benzene rings is 1. The third-order valence-electron chi connectivity index (χ3n) is 8.07. The summed E-state index contributed by atoms with van der Waals surface area (Å²) in [5.74, 6) is -1.97. The van der Waals surface area contributed by atoms with Crippen molar-refractivity contribution in [2.24, 2.45) is 22.7 Å². The third-order valence-corrected chi connectivity index (χ3v) is 8.07. The van der Waals surface area contributed by atoms with Crippen molar-refractivity contribution >= 4 is 17.7 Å². The maximum Gasteiger partial charge on any atom is 0.343 e. The van der Waals surface area contributed by atoms with Crippen LogP contribution in [0.15, 0.2) is 59.1 Å². The Morgan fingerprint density at radius 2 is 1.94 bits per heavy atom. The predicted molar refractivity (Wildman–Crippen MR) is 120 cm³/mol. The van der Waals surface area contributed by atoms with Gasteiger partial charge in [-0.15, -0.1) is 0 Å². The van der Waals surface area contributed by atoms with E-state index in [1.165, 1.54) is 0 Å². The molecule has 2 aliphatic carbocycles. The molecule has 3 aliphatic rings. The molecule has 7 heteroatoms. The van der Waals surface area contributed by atoms with Crippen LogP contribution in [0.5, 0.6) is 0 Å². The van der Waals surface area contributed by atoms with Crippen molar-refractivity contribution < 1.29 is 33.4 Å². The quantitative estimate of drug-likeness (QED) is 0.664. The first-order valence-electron chi connectivity index (χ1n) is 11.6. The van der Waals surface area contributed by atoms with Crippen molar-refractivity contribution in [1.29, 1.82) is 0 Å². The molecule has 0 bridgehead atoms. The van der Waals surface area contributed by atoms with Gasteiger partial charge in [-0.1, -0.05) is 26.0 Å². The fraction of sp³-hybridized carbons (Fsp3) is 0.444. The number of aliphatic hydroxyl groups is 1. The number of ether oxygens (including phenoxy) is 2. The van der Waals surface area contributed by atoms with Crippen LogP contribution in [0.2, 0.25) is 0 Å². The van der Waals surface area contributed by atoms with Gasteiger partial charge >= 0.3 is 11.9 Å². The second kappa shape index (κ2) is 8.24. The Morgan fingerprint density at radius 1 is 1.18 bits per heavy atom. The van der Waals surface area contributed by atoms with Crippen LogP contribution in [0, 0.1) is 22.7 Å². The summed E-state index contributed by atoms with van der Waals surface area (Å²) in [7, 11) is 0. The van der Waals surface area contributed by atoms with Crippen LogP contribution in [-0.2, 0) is 25.7 Å². The highest BCUT2D eigenvalue weighted by Crippen LogP contribution is 2.63. The molecule has 7 nitrogen and oxygen atoms in total. The van der Waals surface area contributed by atoms with Gasteiger partial charge < -0.3 is 19.0 Å². The number of cyclic esters (lactones) is 1. The number of ketones is 1. The molecular weight excluding hydrogens is 436 g/mol. The fourth-order valence-electron chi connectivity index (χ4n) is 6.30. The van der Waals surface area contributed by atoms with Gasteiger partial charge in [0.15, 0.2) is 5.76 Å². The number of fused-ring (bicyclic) bond motifs is 3. The largest absolute Gasteiger partial charge is 0.472 e. The monoisotopic (exact) mass is 464 g/mol. The van der Waals surface area contributed by atoms with E-state index >= 15 is 0 Å². The van der Waals surface area contributed by atoms with Gasteiger partial charge in [-0.25, -0.2) is 4.79 Å². The normalized spacial score (nSPS) is 32.8. The lowest BCUT2D eigenvalue weighted by Gasteiger charge is -2.58. The summed E-state index contributed by atoms with van der Waals surface area (Å²) in [6.45, 7) is 3.97. The van der Waals surface area contributed by atoms with Gasteiger partial charge in [0.2, 0.25) is 5.78 Å². The summed E-state index contributed by atoms with van der Waals surface area (Å²) in [6, 6.07) is 8.19. The zero-order valence-corrected chi connectivity index (χ0v) is 19.3. The molecule has 0 amide bonds. The SMILES string of the molecule is C[C@]12CC=C(OC(=O)c3ccc(CO)cc3)C(=O)[C@@H]1[C@@]1(C)C[C@@H](c3ccoc3)OC(=O)[C@@H]1CC2. The average Bonchev–Trinajstić information content (AvgIpc) is 3.35. The fourth-order valence-corrected chi connectivity index (χ4v) is 6.30. The minimum atomic E-state index is -0.643. The molecule has 1 aliphatic heterocycles. The number of furan rings is 1. The lowest BCUT2D eigenvalue weighted by molar-refractivity contribution is -0.193. The van der Waals surface area contributed by atoms with E-state index in [1.807, 2.05) is 6.92 Å². The standard InChI is InChI=1S/C27H28O7/c1-26-10-7-19-25(31)34-21(18-9-12-32-15-18)13-27(19,2)23(26)22(29)20(8-11-26)33-24(30)17-5-3-16(14-28)4-6-17/h3-6,8-9,12,15,19,21,23,28H,7,10-11,13-14H2,1-2H3/t19-,21-,23-,26-,27-/m0/s1. The summed E-state index contributed by atoms with van der Waals surface area (Å²) in [5, 5.41) is 9.21. The Morgan fingerprint density at radius 3 is 2.62 bits per heavy atom. The topological polar surface area (TPSA) is 103 Å². The minimum absolute atomic E-state index is 0.0411. The van der Waals surface area contributed by atoms with Gasteiger partial charge in [0.25, 0.3) is 0 Å². The Kier molecular flexibility index (Phi) is 5.47. The van der Waals surface area contributed by atoms with Gasteiger partial charge in [0, 0.05) is 11.5 Å². The van der Waals surface area contributed by atoms with Crippen LogP contribution in [0.25, 0.3) is 0 Å². The first-order valence-corrected chi connectivity index (χ1v) is 11.6. The van der Waals surface area contributed by atoms with E-state index in [9.17, 15) is 19.5 Å². The average molecular weight is 465 g/mol. The van der Waals surface area contributed by atoms with Crippen molar-refractivity contribution in [3.05, 3.63) is 71.4 Å². The molecule has 1 saturated heterocycles. The number of esters is 2. The third kappa shape index (κ3) is 3.59. The number of Topliss-reactive ketones (excluding diaryl/α,β-unsaturated/α-hetero) is 1. The van der Waals surface area contributed by atoms with Crippen LogP contribution in [0.3, 0.4) is 0 Å². The Hall–Kier alpha value is -3.19. The first kappa shape index (κ1) is 22.6. The van der Waals surface area contributed by atoms with E-state index in [-0.39, 0.29) is 29.5 Å². The molecule has 0 spiro atoms. The second-order valence-corrected chi connectivity index (χ2v) is 10.3. The summed E-state index contributed by atoms with van der Waals surface area (Å²) < 4.78 is 16.5. The molecule has 5 rings (SSSR count). The molecule has 2 heterocycles. The van der Waals surface area contributed by atoms with Crippen molar-refractivity contribution in [2.45, 2.75) is 52.2 Å². The second-order valence-electron chi connectivity index (χ2n) is 10.3. The van der Waals surface area contributed by atoms with Crippen molar-refractivity contribution in [2.75, 3.05) is 0 Å². The maximum atomic E-state index is 13.8. The summed E-state index contributed by atoms with van der Waals surface area (Å²) in [4.78, 5) is 39.6. The van der Waals surface area contributed by atoms with Gasteiger partial charge in [-0.05, 0) is 66.4 Å².